The summed E-state index contributed by atoms with van der Waals surface area (Å²) in [6.45, 7) is 4.54. The lowest BCUT2D eigenvalue weighted by atomic mass is 10.2. The van der Waals surface area contributed by atoms with Crippen LogP contribution >= 0.6 is 39.7 Å². The second-order valence-electron chi connectivity index (χ2n) is 6.39. The van der Waals surface area contributed by atoms with E-state index in [2.05, 4.69) is 31.9 Å². The van der Waals surface area contributed by atoms with Crippen molar-refractivity contribution in [3.63, 3.8) is 0 Å². The molecule has 0 spiro atoms. The third kappa shape index (κ3) is 7.27. The molecular weight excluding hydrogens is 490 g/mol. The van der Waals surface area contributed by atoms with Crippen LogP contribution in [0.15, 0.2) is 40.9 Å². The third-order valence-electron chi connectivity index (χ3n) is 3.86. The van der Waals surface area contributed by atoms with E-state index in [1.165, 1.54) is 0 Å². The molecule has 2 amide bonds. The van der Waals surface area contributed by atoms with E-state index < -0.39 is 0 Å². The molecule has 0 aliphatic carbocycles. The van der Waals surface area contributed by atoms with Crippen molar-refractivity contribution in [3.05, 3.63) is 51.5 Å². The first-order valence-corrected chi connectivity index (χ1v) is 11.1. The maximum atomic E-state index is 12.5. The number of halogens is 2. The van der Waals surface area contributed by atoms with Crippen molar-refractivity contribution in [2.24, 2.45) is 0 Å². The van der Waals surface area contributed by atoms with E-state index in [1.54, 1.807) is 36.4 Å². The van der Waals surface area contributed by atoms with Gasteiger partial charge < -0.3 is 15.4 Å². The van der Waals surface area contributed by atoms with E-state index in [9.17, 15) is 9.59 Å². The van der Waals surface area contributed by atoms with Crippen LogP contribution in [-0.4, -0.2) is 23.5 Å². The summed E-state index contributed by atoms with van der Waals surface area (Å²) in [7, 11) is 0. The molecule has 0 atom stereocenters. The lowest BCUT2D eigenvalue weighted by molar-refractivity contribution is -0.116. The molecule has 0 bridgehead atoms. The van der Waals surface area contributed by atoms with Gasteiger partial charge in [0.25, 0.3) is 5.91 Å². The molecule has 0 unspecified atom stereocenters. The molecule has 160 valence electrons. The van der Waals surface area contributed by atoms with E-state index in [1.807, 2.05) is 13.8 Å². The molecule has 0 radical (unpaired) electrons. The predicted octanol–water partition coefficient (Wildman–Crippen LogP) is 5.76. The maximum absolute atomic E-state index is 12.5. The summed E-state index contributed by atoms with van der Waals surface area (Å²) in [6.07, 6.45) is 2.07. The highest BCUT2D eigenvalue weighted by molar-refractivity contribution is 9.10. The normalized spacial score (nSPS) is 10.3. The maximum Gasteiger partial charge on any atom is 0.257 e. The second-order valence-corrected chi connectivity index (χ2v) is 8.06. The highest BCUT2D eigenvalue weighted by Crippen LogP contribution is 2.27. The number of carbonyl (C=O) groups excluding carboxylic acids is 2. The first kappa shape index (κ1) is 24.1. The molecule has 0 saturated heterocycles. The summed E-state index contributed by atoms with van der Waals surface area (Å²) >= 11 is 14.8. The molecule has 2 aromatic rings. The van der Waals surface area contributed by atoms with Crippen molar-refractivity contribution < 1.29 is 14.3 Å². The van der Waals surface area contributed by atoms with E-state index >= 15 is 0 Å². The minimum atomic E-state index is -0.376. The van der Waals surface area contributed by atoms with E-state index in [0.717, 1.165) is 12.8 Å². The minimum absolute atomic E-state index is 0.0846. The molecule has 2 rings (SSSR count). The van der Waals surface area contributed by atoms with Crippen LogP contribution in [0.25, 0.3) is 0 Å². The van der Waals surface area contributed by atoms with Gasteiger partial charge in [-0.2, -0.15) is 0 Å². The Kier molecular flexibility index (Phi) is 9.55. The minimum Gasteiger partial charge on any atom is -0.492 e. The van der Waals surface area contributed by atoms with Gasteiger partial charge in [0, 0.05) is 17.7 Å². The number of hydrogen-bond acceptors (Lipinski definition) is 4. The number of ether oxygens (including phenoxy) is 1. The number of anilines is 2. The summed E-state index contributed by atoms with van der Waals surface area (Å²) in [4.78, 5) is 24.3. The lowest BCUT2D eigenvalue weighted by Gasteiger charge is -2.13. The number of thiocarbonyl (C=S) groups is 1. The molecule has 9 heteroatoms. The van der Waals surface area contributed by atoms with Crippen LogP contribution in [0.5, 0.6) is 5.75 Å². The van der Waals surface area contributed by atoms with Gasteiger partial charge in [-0.25, -0.2) is 0 Å². The van der Waals surface area contributed by atoms with Gasteiger partial charge in [-0.15, -0.1) is 0 Å². The van der Waals surface area contributed by atoms with Gasteiger partial charge in [-0.3, -0.25) is 14.9 Å². The standard InChI is InChI=1S/C21H23BrClN3O3S/c1-3-5-19(27)24-14-7-8-16(23)17(12-14)25-21(30)26-20(28)13-6-9-18(15(22)11-13)29-10-4-2/h6-9,11-12H,3-5,10H2,1-2H3,(H,24,27)(H2,25,26,28,30). The fourth-order valence-electron chi connectivity index (χ4n) is 2.45. The van der Waals surface area contributed by atoms with Gasteiger partial charge in [0.2, 0.25) is 5.91 Å². The number of carbonyl (C=O) groups is 2. The van der Waals surface area contributed by atoms with Crippen LogP contribution < -0.4 is 20.7 Å². The zero-order valence-electron chi connectivity index (χ0n) is 16.7. The van der Waals surface area contributed by atoms with Gasteiger partial charge in [0.05, 0.1) is 21.8 Å². The van der Waals surface area contributed by atoms with Crippen molar-refractivity contribution in [2.45, 2.75) is 33.1 Å². The smallest absolute Gasteiger partial charge is 0.257 e. The van der Waals surface area contributed by atoms with Crippen molar-refractivity contribution in [1.29, 1.82) is 0 Å². The average Bonchev–Trinajstić information content (AvgIpc) is 2.69. The van der Waals surface area contributed by atoms with Gasteiger partial charge in [-0.05, 0) is 77.4 Å². The predicted molar refractivity (Wildman–Crippen MR) is 129 cm³/mol. The monoisotopic (exact) mass is 511 g/mol. The topological polar surface area (TPSA) is 79.5 Å². The lowest BCUT2D eigenvalue weighted by Crippen LogP contribution is -2.34. The SMILES string of the molecule is CCCOc1ccc(C(=O)NC(=S)Nc2cc(NC(=O)CCC)ccc2Cl)cc1Br. The van der Waals surface area contributed by atoms with Crippen molar-refractivity contribution in [3.8, 4) is 5.75 Å². The molecule has 0 aliphatic rings. The quantitative estimate of drug-likeness (QED) is 0.392. The van der Waals surface area contributed by atoms with E-state index in [-0.39, 0.29) is 16.9 Å². The Balaban J connectivity index is 2.02. The first-order chi connectivity index (χ1) is 14.3. The highest BCUT2D eigenvalue weighted by Gasteiger charge is 2.12. The fraction of sp³-hybridized carbons (Fsp3) is 0.286. The molecule has 3 N–H and O–H groups in total. The summed E-state index contributed by atoms with van der Waals surface area (Å²) in [5.41, 5.74) is 1.48. The molecule has 6 nitrogen and oxygen atoms in total. The molecule has 0 saturated carbocycles. The van der Waals surface area contributed by atoms with Crippen LogP contribution in [0.4, 0.5) is 11.4 Å². The fourth-order valence-corrected chi connectivity index (χ4v) is 3.31. The highest BCUT2D eigenvalue weighted by atomic mass is 79.9. The largest absolute Gasteiger partial charge is 0.492 e. The second kappa shape index (κ2) is 11.9. The molecule has 0 aromatic heterocycles. The van der Waals surface area contributed by atoms with Crippen LogP contribution in [-0.2, 0) is 4.79 Å². The van der Waals surface area contributed by atoms with Crippen LogP contribution in [0, 0.1) is 0 Å². The van der Waals surface area contributed by atoms with Crippen LogP contribution in [0.2, 0.25) is 5.02 Å². The van der Waals surface area contributed by atoms with Gasteiger partial charge in [-0.1, -0.05) is 25.4 Å². The summed E-state index contributed by atoms with van der Waals surface area (Å²) in [5, 5.41) is 8.78. The molecule has 0 aliphatic heterocycles. The number of nitrogens with one attached hydrogen (secondary N) is 3. The van der Waals surface area contributed by atoms with Crippen molar-refractivity contribution >= 4 is 68.1 Å². The van der Waals surface area contributed by atoms with Gasteiger partial charge in [0.15, 0.2) is 5.11 Å². The number of amides is 2. The van der Waals surface area contributed by atoms with E-state index in [0.29, 0.717) is 45.2 Å². The zero-order valence-corrected chi connectivity index (χ0v) is 19.8. The number of benzene rings is 2. The van der Waals surface area contributed by atoms with Crippen molar-refractivity contribution in [1.82, 2.24) is 5.32 Å². The Labute approximate surface area is 194 Å². The zero-order chi connectivity index (χ0) is 22.1. The summed E-state index contributed by atoms with van der Waals surface area (Å²) < 4.78 is 6.27. The molecular formula is C21H23BrClN3O3S. The number of rotatable bonds is 8. The van der Waals surface area contributed by atoms with Crippen LogP contribution in [0.3, 0.4) is 0 Å². The third-order valence-corrected chi connectivity index (χ3v) is 5.01. The number of hydrogen-bond donors (Lipinski definition) is 3. The summed E-state index contributed by atoms with van der Waals surface area (Å²) in [5.74, 6) is 0.208. The van der Waals surface area contributed by atoms with Gasteiger partial charge in [0.1, 0.15) is 5.75 Å². The first-order valence-electron chi connectivity index (χ1n) is 9.48. The van der Waals surface area contributed by atoms with E-state index in [4.69, 9.17) is 28.6 Å². The van der Waals surface area contributed by atoms with Crippen LogP contribution in [0.1, 0.15) is 43.5 Å². The Morgan fingerprint density at radius 3 is 2.53 bits per heavy atom. The molecule has 0 heterocycles. The molecule has 0 fully saturated rings. The molecule has 30 heavy (non-hydrogen) atoms. The molecule has 2 aromatic carbocycles. The Bertz CT molecular complexity index is 940. The van der Waals surface area contributed by atoms with Crippen molar-refractivity contribution in [2.75, 3.05) is 17.2 Å². The van der Waals surface area contributed by atoms with Gasteiger partial charge >= 0.3 is 0 Å². The Morgan fingerprint density at radius 1 is 1.10 bits per heavy atom. The average molecular weight is 513 g/mol. The Morgan fingerprint density at radius 2 is 1.87 bits per heavy atom. The summed E-state index contributed by atoms with van der Waals surface area (Å²) in [6, 6.07) is 10.0. The Hall–Kier alpha value is -2.16.